The van der Waals surface area contributed by atoms with Crippen molar-refractivity contribution in [3.63, 3.8) is 0 Å². The standard InChI is InChI=1S/C13H19N3O2S/c1-13(2,3)18-12(17)16-6-4-10(5-7-16)8-11-15-14-9-19-11/h8-9H,4-7H2,1-3H3. The van der Waals surface area contributed by atoms with Gasteiger partial charge in [0.05, 0.1) is 0 Å². The second-order valence-electron chi connectivity index (χ2n) is 5.55. The normalized spacial score (nSPS) is 16.4. The van der Waals surface area contributed by atoms with Crippen molar-refractivity contribution >= 4 is 23.5 Å². The summed E-state index contributed by atoms with van der Waals surface area (Å²) in [4.78, 5) is 13.7. The predicted molar refractivity (Wildman–Crippen MR) is 74.9 cm³/mol. The summed E-state index contributed by atoms with van der Waals surface area (Å²) in [6.45, 7) is 7.07. The third-order valence-electron chi connectivity index (χ3n) is 2.76. The van der Waals surface area contributed by atoms with Gasteiger partial charge in [-0.2, -0.15) is 0 Å². The summed E-state index contributed by atoms with van der Waals surface area (Å²) in [6, 6.07) is 0. The molecule has 0 aromatic carbocycles. The maximum atomic E-state index is 11.9. The molecule has 0 aliphatic carbocycles. The number of nitrogens with zero attached hydrogens (tertiary/aromatic N) is 3. The summed E-state index contributed by atoms with van der Waals surface area (Å²) in [5, 5.41) is 8.74. The van der Waals surface area contributed by atoms with Gasteiger partial charge in [-0.3, -0.25) is 0 Å². The average Bonchev–Trinajstić information content (AvgIpc) is 2.80. The second kappa shape index (κ2) is 5.69. The van der Waals surface area contributed by atoms with Gasteiger partial charge in [-0.15, -0.1) is 21.5 Å². The van der Waals surface area contributed by atoms with Crippen LogP contribution in [-0.4, -0.2) is 39.9 Å². The van der Waals surface area contributed by atoms with Crippen LogP contribution in [0.2, 0.25) is 0 Å². The minimum Gasteiger partial charge on any atom is -0.444 e. The molecular weight excluding hydrogens is 262 g/mol. The van der Waals surface area contributed by atoms with Crippen LogP contribution in [0.1, 0.15) is 38.6 Å². The van der Waals surface area contributed by atoms with Crippen molar-refractivity contribution in [3.05, 3.63) is 16.1 Å². The molecule has 0 radical (unpaired) electrons. The number of likely N-dealkylation sites (tertiary alicyclic amines) is 1. The van der Waals surface area contributed by atoms with Gasteiger partial charge < -0.3 is 9.64 Å². The van der Waals surface area contributed by atoms with Crippen molar-refractivity contribution < 1.29 is 9.53 Å². The summed E-state index contributed by atoms with van der Waals surface area (Å²) < 4.78 is 5.37. The number of carbonyl (C=O) groups is 1. The molecule has 104 valence electrons. The Morgan fingerprint density at radius 1 is 1.42 bits per heavy atom. The lowest BCUT2D eigenvalue weighted by atomic mass is 10.0. The van der Waals surface area contributed by atoms with Gasteiger partial charge in [-0.25, -0.2) is 4.79 Å². The first kappa shape index (κ1) is 14.0. The lowest BCUT2D eigenvalue weighted by molar-refractivity contribution is 0.0237. The van der Waals surface area contributed by atoms with E-state index in [1.54, 1.807) is 10.4 Å². The molecule has 0 atom stereocenters. The maximum Gasteiger partial charge on any atom is 0.410 e. The van der Waals surface area contributed by atoms with E-state index in [2.05, 4.69) is 16.3 Å². The first-order valence-electron chi connectivity index (χ1n) is 6.37. The highest BCUT2D eigenvalue weighted by Gasteiger charge is 2.24. The van der Waals surface area contributed by atoms with Gasteiger partial charge in [0.2, 0.25) is 0 Å². The van der Waals surface area contributed by atoms with Crippen LogP contribution in [0.15, 0.2) is 11.1 Å². The minimum absolute atomic E-state index is 0.220. The van der Waals surface area contributed by atoms with E-state index in [0.29, 0.717) is 13.1 Å². The lowest BCUT2D eigenvalue weighted by Crippen LogP contribution is -2.40. The van der Waals surface area contributed by atoms with Gasteiger partial charge in [0.1, 0.15) is 16.1 Å². The van der Waals surface area contributed by atoms with Crippen LogP contribution in [0, 0.1) is 0 Å². The van der Waals surface area contributed by atoms with Gasteiger partial charge >= 0.3 is 6.09 Å². The van der Waals surface area contributed by atoms with E-state index in [9.17, 15) is 4.79 Å². The molecule has 1 fully saturated rings. The molecule has 5 nitrogen and oxygen atoms in total. The lowest BCUT2D eigenvalue weighted by Gasteiger charge is -2.30. The smallest absolute Gasteiger partial charge is 0.410 e. The zero-order valence-electron chi connectivity index (χ0n) is 11.5. The van der Waals surface area contributed by atoms with E-state index in [-0.39, 0.29) is 6.09 Å². The molecule has 1 saturated heterocycles. The molecule has 1 aromatic heterocycles. The summed E-state index contributed by atoms with van der Waals surface area (Å²) in [7, 11) is 0. The minimum atomic E-state index is -0.431. The SMILES string of the molecule is CC(C)(C)OC(=O)N1CCC(=Cc2nncs2)CC1. The largest absolute Gasteiger partial charge is 0.444 e. The number of aromatic nitrogens is 2. The van der Waals surface area contributed by atoms with Crippen LogP contribution >= 0.6 is 11.3 Å². The van der Waals surface area contributed by atoms with E-state index in [4.69, 9.17) is 4.74 Å². The molecule has 0 bridgehead atoms. The first-order valence-corrected chi connectivity index (χ1v) is 7.25. The first-order chi connectivity index (χ1) is 8.94. The zero-order valence-corrected chi connectivity index (χ0v) is 12.4. The highest BCUT2D eigenvalue weighted by atomic mass is 32.1. The molecule has 0 N–H and O–H groups in total. The summed E-state index contributed by atoms with van der Waals surface area (Å²) >= 11 is 1.53. The van der Waals surface area contributed by atoms with Crippen LogP contribution in [0.25, 0.3) is 6.08 Å². The molecule has 1 aliphatic rings. The molecule has 2 heterocycles. The van der Waals surface area contributed by atoms with Crippen LogP contribution < -0.4 is 0 Å². The molecule has 0 saturated carbocycles. The monoisotopic (exact) mass is 281 g/mol. The number of piperidine rings is 1. The summed E-state index contributed by atoms with van der Waals surface area (Å²) in [6.07, 6.45) is 3.60. The summed E-state index contributed by atoms with van der Waals surface area (Å²) in [5.41, 5.74) is 2.61. The fourth-order valence-corrected chi connectivity index (χ4v) is 2.40. The quantitative estimate of drug-likeness (QED) is 0.794. The average molecular weight is 281 g/mol. The molecular formula is C13H19N3O2S. The molecule has 0 spiro atoms. The van der Waals surface area contributed by atoms with Gasteiger partial charge in [0.15, 0.2) is 0 Å². The Kier molecular flexibility index (Phi) is 4.19. The van der Waals surface area contributed by atoms with Crippen molar-refractivity contribution in [3.8, 4) is 0 Å². The fraction of sp³-hybridized carbons (Fsp3) is 0.615. The topological polar surface area (TPSA) is 55.3 Å². The van der Waals surface area contributed by atoms with E-state index in [0.717, 1.165) is 17.8 Å². The van der Waals surface area contributed by atoms with Crippen molar-refractivity contribution in [2.75, 3.05) is 13.1 Å². The van der Waals surface area contributed by atoms with Gasteiger partial charge in [0, 0.05) is 13.1 Å². The molecule has 1 aliphatic heterocycles. The number of ether oxygens (including phenoxy) is 1. The molecule has 2 rings (SSSR count). The highest BCUT2D eigenvalue weighted by Crippen LogP contribution is 2.21. The number of hydrogen-bond acceptors (Lipinski definition) is 5. The molecule has 6 heteroatoms. The molecule has 1 amide bonds. The Labute approximate surface area is 117 Å². The summed E-state index contributed by atoms with van der Waals surface area (Å²) in [5.74, 6) is 0. The Morgan fingerprint density at radius 2 is 2.11 bits per heavy atom. The molecule has 1 aromatic rings. The van der Waals surface area contributed by atoms with Crippen molar-refractivity contribution in [2.24, 2.45) is 0 Å². The predicted octanol–water partition coefficient (Wildman–Crippen LogP) is 2.95. The third kappa shape index (κ3) is 4.31. The van der Waals surface area contributed by atoms with E-state index >= 15 is 0 Å². The third-order valence-corrected chi connectivity index (χ3v) is 3.40. The highest BCUT2D eigenvalue weighted by molar-refractivity contribution is 7.10. The van der Waals surface area contributed by atoms with Crippen LogP contribution in [0.4, 0.5) is 4.79 Å². The van der Waals surface area contributed by atoms with Crippen LogP contribution in [-0.2, 0) is 4.74 Å². The Morgan fingerprint density at radius 3 is 2.63 bits per heavy atom. The number of rotatable bonds is 1. The molecule has 0 unspecified atom stereocenters. The van der Waals surface area contributed by atoms with Gasteiger partial charge in [0.25, 0.3) is 0 Å². The van der Waals surface area contributed by atoms with Gasteiger partial charge in [-0.1, -0.05) is 5.57 Å². The van der Waals surface area contributed by atoms with Crippen LogP contribution in [0.5, 0.6) is 0 Å². The second-order valence-corrected chi connectivity index (χ2v) is 6.41. The van der Waals surface area contributed by atoms with Crippen molar-refractivity contribution in [1.82, 2.24) is 15.1 Å². The van der Waals surface area contributed by atoms with E-state index in [1.165, 1.54) is 16.9 Å². The van der Waals surface area contributed by atoms with E-state index < -0.39 is 5.60 Å². The number of hydrogen-bond donors (Lipinski definition) is 0. The van der Waals surface area contributed by atoms with Gasteiger partial charge in [-0.05, 0) is 39.7 Å². The molecule has 19 heavy (non-hydrogen) atoms. The number of carbonyl (C=O) groups excluding carboxylic acids is 1. The zero-order chi connectivity index (χ0) is 13.9. The fourth-order valence-electron chi connectivity index (χ4n) is 1.87. The van der Waals surface area contributed by atoms with Crippen molar-refractivity contribution in [1.29, 1.82) is 0 Å². The maximum absolute atomic E-state index is 11.9. The van der Waals surface area contributed by atoms with E-state index in [1.807, 2.05) is 20.8 Å². The Hall–Kier alpha value is -1.43. The Bertz CT molecular complexity index is 453. The van der Waals surface area contributed by atoms with Crippen molar-refractivity contribution in [2.45, 2.75) is 39.2 Å². The Balaban J connectivity index is 1.87. The number of amides is 1. The van der Waals surface area contributed by atoms with Crippen LogP contribution in [0.3, 0.4) is 0 Å².